The van der Waals surface area contributed by atoms with Gasteiger partial charge in [0.2, 0.25) is 5.70 Å². The summed E-state index contributed by atoms with van der Waals surface area (Å²) in [6.45, 7) is 30.6. The maximum Gasteiger partial charge on any atom is 0.317 e. The molecule has 0 aromatic heterocycles. The van der Waals surface area contributed by atoms with E-state index in [0.29, 0.717) is 34.4 Å². The van der Waals surface area contributed by atoms with Crippen LogP contribution in [-0.2, 0) is 25.2 Å². The van der Waals surface area contributed by atoms with Crippen molar-refractivity contribution in [2.75, 3.05) is 11.9 Å². The second kappa shape index (κ2) is 30.2. The fourth-order valence-electron chi connectivity index (χ4n) is 17.7. The van der Waals surface area contributed by atoms with E-state index in [4.69, 9.17) is 24.7 Å². The SMILES string of the molecule is Cc1cc(C)c(C2=C3C=CC(=N3)C(c3ccc(NC(=O)C4=CN(/C(C#N)=C(\C#N)[C+]5c6ccccc6-c6ccccc65)NC=C4)cc3)=C3C=CC(=N3)C(c3c(C)cc(C)cc3C)=C3C=CC(=N3)C(C3C=CC(C(=O)OCC#Cc4cc5cc(C(C)(C)C)cc(c5C)c5ccccc5c5cc(C(C)(C)C)cc4c5C)C=C3)=C3C=CC2=N3)c(C)c1. The van der Waals surface area contributed by atoms with Crippen LogP contribution in [0.3, 0.4) is 0 Å². The van der Waals surface area contributed by atoms with Crippen LogP contribution in [0.15, 0.2) is 308 Å². The van der Waals surface area contributed by atoms with Gasteiger partial charge in [-0.3, -0.25) is 15.0 Å². The molecule has 1 amide bonds. The van der Waals surface area contributed by atoms with Gasteiger partial charge in [0, 0.05) is 51.9 Å². The normalized spacial score (nSPS) is 17.1. The molecule has 17 rings (SSSR count). The molecule has 9 aromatic carbocycles. The molecule has 9 aromatic rings. The number of hydrogen-bond acceptors (Lipinski definition) is 11. The lowest BCUT2D eigenvalue weighted by Gasteiger charge is -2.23. The quantitative estimate of drug-likeness (QED) is 0.0452. The van der Waals surface area contributed by atoms with Gasteiger partial charge in [-0.15, -0.1) is 0 Å². The fraction of sp³-hybridized carbons (Fsp3) is 0.179. The van der Waals surface area contributed by atoms with Crippen molar-refractivity contribution < 1.29 is 14.3 Å². The van der Waals surface area contributed by atoms with Gasteiger partial charge in [-0.05, 0) is 287 Å². The number of esters is 1. The Labute approximate surface area is 690 Å². The van der Waals surface area contributed by atoms with Gasteiger partial charge in [0.05, 0.1) is 85.3 Å². The highest BCUT2D eigenvalue weighted by Crippen LogP contribution is 2.49. The molecule has 6 aliphatic heterocycles. The summed E-state index contributed by atoms with van der Waals surface area (Å²) >= 11 is 0. The Morgan fingerprint density at radius 1 is 0.517 bits per heavy atom. The lowest BCUT2D eigenvalue weighted by Crippen LogP contribution is -2.33. The predicted octanol–water partition coefficient (Wildman–Crippen LogP) is 22.7. The van der Waals surface area contributed by atoms with Crippen LogP contribution in [0.4, 0.5) is 5.69 Å². The van der Waals surface area contributed by atoms with Gasteiger partial charge in [-0.25, -0.2) is 25.0 Å². The highest BCUT2D eigenvalue weighted by molar-refractivity contribution is 6.38. The number of carbonyl (C=O) groups excluding carboxylic acids is 2. The van der Waals surface area contributed by atoms with Gasteiger partial charge in [-0.2, -0.15) is 10.5 Å². The molecule has 6 heterocycles. The van der Waals surface area contributed by atoms with E-state index in [0.717, 1.165) is 139 Å². The molecular weight excluding hydrogens is 1450 g/mol. The number of fused-ring (bicyclic) bond motifs is 14. The number of anilines is 1. The summed E-state index contributed by atoms with van der Waals surface area (Å²) in [5.41, 5.74) is 31.5. The monoisotopic (exact) mass is 1530 g/mol. The standard InChI is InChI=1S/C106H87N9O3/c1-60-48-62(3)96(63(4)49-60)101-91-41-37-87(111-91)98(68-29-31-70(32-30-68)104(117)118-47-21-22-71-52-73-53-74(105(9,10)11)55-84(66(73)7)79-25-15-16-26-80(79)85-56-75(106(12,13)14)54-83(71)67(85)8)88-38-42-92(112-88)102(97-64(5)50-61(2)51-65(97)6)94-44-40-90(114-94)99(89-39-43-93(101)113-89)69-33-35-76(36-34-69)110-103(116)72-45-46-109-115(59-72)95(58-108)86(57-107)100-81-27-19-17-23-77(81)78-24-18-20-28-82(78)100/h15-20,23-46,48-56,59,68,70,109H,47H2,1-14H3/p+1/b71-52?,95-86+,98-87?,98-88?,99-89?,99-90?,101-91?,101-93?,102-92?,102-94?. The van der Waals surface area contributed by atoms with E-state index >= 15 is 0 Å². The van der Waals surface area contributed by atoms with Crippen LogP contribution in [0.5, 0.6) is 0 Å². The molecule has 2 aliphatic carbocycles. The van der Waals surface area contributed by atoms with Gasteiger partial charge in [-0.1, -0.05) is 168 Å². The summed E-state index contributed by atoms with van der Waals surface area (Å²) in [5, 5.41) is 33.1. The largest absolute Gasteiger partial charge is 0.452 e. The van der Waals surface area contributed by atoms with E-state index in [1.807, 2.05) is 97.1 Å². The number of hydrogen-bond donors (Lipinski definition) is 2. The molecule has 574 valence electrons. The van der Waals surface area contributed by atoms with E-state index in [2.05, 4.69) is 259 Å². The van der Waals surface area contributed by atoms with Crippen LogP contribution in [0.2, 0.25) is 0 Å². The first kappa shape index (κ1) is 76.4. The first-order valence-electron chi connectivity index (χ1n) is 40.1. The minimum absolute atomic E-state index is 0.0333. The van der Waals surface area contributed by atoms with Crippen LogP contribution >= 0.6 is 0 Å². The number of ether oxygens (including phenoxy) is 1. The molecular formula is C106H88N9O3+. The van der Waals surface area contributed by atoms with Crippen LogP contribution in [0.1, 0.15) is 131 Å². The number of nitrogens with one attached hydrogen (secondary N) is 2. The molecule has 12 heteroatoms. The predicted molar refractivity (Wildman–Crippen MR) is 482 cm³/mol. The number of aliphatic imine (C=N–C) groups is 4. The van der Waals surface area contributed by atoms with E-state index in [1.165, 1.54) is 49.4 Å². The van der Waals surface area contributed by atoms with Crippen molar-refractivity contribution in [3.05, 3.63) is 383 Å². The topological polar surface area (TPSA) is 168 Å². The van der Waals surface area contributed by atoms with Crippen molar-refractivity contribution in [1.82, 2.24) is 10.4 Å². The molecule has 0 saturated carbocycles. The van der Waals surface area contributed by atoms with E-state index in [9.17, 15) is 20.1 Å². The average Bonchev–Trinajstić information content (AvgIpc) is 1.48. The fourth-order valence-corrected chi connectivity index (χ4v) is 17.7. The second-order valence-electron chi connectivity index (χ2n) is 33.6. The first-order valence-corrected chi connectivity index (χ1v) is 40.1. The van der Waals surface area contributed by atoms with Crippen LogP contribution in [0, 0.1) is 108 Å². The molecule has 2 N–H and O–H groups in total. The molecule has 8 aliphatic rings. The Kier molecular flexibility index (Phi) is 19.5. The van der Waals surface area contributed by atoms with Crippen molar-refractivity contribution in [3.8, 4) is 35.1 Å². The number of rotatable bonds is 10. The second-order valence-corrected chi connectivity index (χ2v) is 33.6. The van der Waals surface area contributed by atoms with Gasteiger partial charge >= 0.3 is 5.97 Å². The maximum absolute atomic E-state index is 14.5. The van der Waals surface area contributed by atoms with Crippen LogP contribution in [-0.4, -0.2) is 46.3 Å². The Morgan fingerprint density at radius 2 is 1.01 bits per heavy atom. The van der Waals surface area contributed by atoms with Crippen molar-refractivity contribution in [2.45, 2.75) is 108 Å². The highest BCUT2D eigenvalue weighted by atomic mass is 16.5. The summed E-state index contributed by atoms with van der Waals surface area (Å²) in [6.07, 6.45) is 29.3. The van der Waals surface area contributed by atoms with Gasteiger partial charge in [0.1, 0.15) is 0 Å². The number of amides is 1. The van der Waals surface area contributed by atoms with Crippen molar-refractivity contribution in [3.63, 3.8) is 0 Å². The Hall–Kier alpha value is -14.3. The third-order valence-corrected chi connectivity index (χ3v) is 23.4. The summed E-state index contributed by atoms with van der Waals surface area (Å²) in [4.78, 5) is 51.5. The summed E-state index contributed by atoms with van der Waals surface area (Å²) in [5.74, 6) is 5.65. The minimum atomic E-state index is -0.684. The number of allylic oxidation sites excluding steroid dienone is 16. The van der Waals surface area contributed by atoms with Crippen molar-refractivity contribution in [1.29, 1.82) is 10.5 Å². The van der Waals surface area contributed by atoms with Crippen molar-refractivity contribution >= 4 is 89.4 Å². The van der Waals surface area contributed by atoms with E-state index < -0.39 is 17.8 Å². The summed E-state index contributed by atoms with van der Waals surface area (Å²) < 4.78 is 6.14. The molecule has 0 fully saturated rings. The number of hydrazine groups is 1. The maximum atomic E-state index is 14.5. The average molecular weight is 1540 g/mol. The zero-order chi connectivity index (χ0) is 82.3. The van der Waals surface area contributed by atoms with Crippen LogP contribution in [0.25, 0.3) is 60.2 Å². The molecule has 0 unspecified atom stereocenters. The van der Waals surface area contributed by atoms with Crippen molar-refractivity contribution in [2.24, 2.45) is 31.8 Å². The van der Waals surface area contributed by atoms with Gasteiger partial charge < -0.3 is 10.1 Å². The third-order valence-electron chi connectivity index (χ3n) is 23.4. The van der Waals surface area contributed by atoms with Gasteiger partial charge in [0.25, 0.3) is 5.91 Å². The molecule has 118 heavy (non-hydrogen) atoms. The van der Waals surface area contributed by atoms with Crippen LogP contribution < -0.4 is 10.7 Å². The molecule has 0 spiro atoms. The number of nitriles is 2. The Bertz CT molecular complexity index is 6620. The Balaban J connectivity index is 0.716. The number of nitrogens with zero attached hydrogens (tertiary/aromatic N) is 7. The number of benzene rings is 8. The first-order chi connectivity index (χ1) is 56.8. The summed E-state index contributed by atoms with van der Waals surface area (Å²) in [6, 6.07) is 57.1. The lowest BCUT2D eigenvalue weighted by atomic mass is 9.82. The zero-order valence-corrected chi connectivity index (χ0v) is 68.8. The lowest BCUT2D eigenvalue weighted by molar-refractivity contribution is -0.143. The highest BCUT2D eigenvalue weighted by Gasteiger charge is 2.41. The third kappa shape index (κ3) is 14.0. The van der Waals surface area contributed by atoms with E-state index in [1.54, 1.807) is 12.3 Å². The summed E-state index contributed by atoms with van der Waals surface area (Å²) in [7, 11) is 0. The zero-order valence-electron chi connectivity index (χ0n) is 68.8. The number of carbonyl (C=O) groups is 2. The number of aryl methyl sites for hydroxylation is 8. The molecule has 12 nitrogen and oxygen atoms in total. The smallest absolute Gasteiger partial charge is 0.317 e. The molecule has 0 atom stereocenters. The Morgan fingerprint density at radius 3 is 1.57 bits per heavy atom. The molecule has 12 bridgehead atoms. The molecule has 0 saturated heterocycles. The minimum Gasteiger partial charge on any atom is -0.452 e. The molecule has 0 radical (unpaired) electrons. The van der Waals surface area contributed by atoms with E-state index in [-0.39, 0.29) is 40.2 Å². The van der Waals surface area contributed by atoms with Gasteiger partial charge in [0.15, 0.2) is 24.3 Å².